The molecule has 0 unspecified atom stereocenters. The molecule has 2 heterocycles. The van der Waals surface area contributed by atoms with Crippen LogP contribution in [0.4, 0.5) is 0 Å². The summed E-state index contributed by atoms with van der Waals surface area (Å²) in [6.45, 7) is 7.88. The van der Waals surface area contributed by atoms with Gasteiger partial charge in [0.15, 0.2) is 0 Å². The minimum absolute atomic E-state index is 0.759. The molecule has 0 spiro atoms. The molecule has 1 aliphatic heterocycles. The molecular formula is C11H18N2OS. The molecule has 3 nitrogen and oxygen atoms in total. The lowest BCUT2D eigenvalue weighted by atomic mass is 10.1. The number of thioether (sulfide) groups is 1. The monoisotopic (exact) mass is 226 g/mol. The fourth-order valence-electron chi connectivity index (χ4n) is 1.83. The molecular weight excluding hydrogens is 208 g/mol. The fraction of sp³-hybridized carbons (Fsp3) is 0.727. The van der Waals surface area contributed by atoms with Crippen LogP contribution in [0.2, 0.25) is 0 Å². The Morgan fingerprint density at radius 2 is 2.53 bits per heavy atom. The van der Waals surface area contributed by atoms with Crippen molar-refractivity contribution >= 4 is 11.8 Å². The van der Waals surface area contributed by atoms with Gasteiger partial charge < -0.3 is 4.52 Å². The molecule has 1 saturated heterocycles. The van der Waals surface area contributed by atoms with Crippen molar-refractivity contribution in [2.75, 3.05) is 18.8 Å². The van der Waals surface area contributed by atoms with Crippen molar-refractivity contribution < 1.29 is 4.52 Å². The first kappa shape index (κ1) is 11.0. The lowest BCUT2D eigenvalue weighted by Gasteiger charge is -2.33. The Bertz CT molecular complexity index is 287. The Hall–Kier alpha value is -0.480. The third-order valence-corrected chi connectivity index (χ3v) is 4.34. The smallest absolute Gasteiger partial charge is 0.124 e. The van der Waals surface area contributed by atoms with Crippen molar-refractivity contribution in [1.29, 1.82) is 0 Å². The molecule has 84 valence electrons. The van der Waals surface area contributed by atoms with E-state index in [-0.39, 0.29) is 0 Å². The molecule has 4 heteroatoms. The average Bonchev–Trinajstić information content (AvgIpc) is 2.71. The van der Waals surface area contributed by atoms with Crippen molar-refractivity contribution in [3.8, 4) is 0 Å². The van der Waals surface area contributed by atoms with E-state index in [1.54, 1.807) is 6.26 Å². The van der Waals surface area contributed by atoms with E-state index in [0.29, 0.717) is 0 Å². The number of hydrogen-bond donors (Lipinski definition) is 0. The number of hydrogen-bond acceptors (Lipinski definition) is 4. The lowest BCUT2D eigenvalue weighted by Crippen LogP contribution is -2.39. The molecule has 1 aromatic heterocycles. The van der Waals surface area contributed by atoms with Crippen molar-refractivity contribution in [2.24, 2.45) is 5.92 Å². The van der Waals surface area contributed by atoms with Gasteiger partial charge in [-0.1, -0.05) is 19.0 Å². The Morgan fingerprint density at radius 1 is 1.67 bits per heavy atom. The van der Waals surface area contributed by atoms with Crippen molar-refractivity contribution in [3.05, 3.63) is 18.0 Å². The molecule has 15 heavy (non-hydrogen) atoms. The molecule has 0 radical (unpaired) electrons. The lowest BCUT2D eigenvalue weighted by molar-refractivity contribution is 0.252. The molecule has 0 amide bonds. The van der Waals surface area contributed by atoms with E-state index < -0.39 is 0 Å². The SMILES string of the molecule is CC(C)[C@H]1CN(Cc2ccon2)CCS1. The summed E-state index contributed by atoms with van der Waals surface area (Å²) >= 11 is 2.10. The topological polar surface area (TPSA) is 29.3 Å². The first-order valence-corrected chi connectivity index (χ1v) is 6.54. The minimum Gasteiger partial charge on any atom is -0.364 e. The maximum atomic E-state index is 4.85. The molecule has 0 bridgehead atoms. The highest BCUT2D eigenvalue weighted by molar-refractivity contribution is 8.00. The molecule has 0 aromatic carbocycles. The molecule has 0 N–H and O–H groups in total. The Kier molecular flexibility index (Phi) is 3.70. The summed E-state index contributed by atoms with van der Waals surface area (Å²) in [6.07, 6.45) is 1.65. The predicted molar refractivity (Wildman–Crippen MR) is 62.9 cm³/mol. The van der Waals surface area contributed by atoms with Crippen LogP contribution < -0.4 is 0 Å². The Labute approximate surface area is 95.2 Å². The van der Waals surface area contributed by atoms with Crippen LogP contribution in [0.25, 0.3) is 0 Å². The van der Waals surface area contributed by atoms with Crippen LogP contribution in [0.3, 0.4) is 0 Å². The van der Waals surface area contributed by atoms with Crippen molar-refractivity contribution in [1.82, 2.24) is 10.1 Å². The summed E-state index contributed by atoms with van der Waals surface area (Å²) < 4.78 is 4.85. The average molecular weight is 226 g/mol. The number of rotatable bonds is 3. The van der Waals surface area contributed by atoms with Crippen LogP contribution in [0.5, 0.6) is 0 Å². The molecule has 1 fully saturated rings. The number of aromatic nitrogens is 1. The van der Waals surface area contributed by atoms with Gasteiger partial charge in [-0.15, -0.1) is 0 Å². The van der Waals surface area contributed by atoms with Gasteiger partial charge in [0.05, 0.1) is 5.69 Å². The summed E-state index contributed by atoms with van der Waals surface area (Å²) in [5.74, 6) is 2.00. The van der Waals surface area contributed by atoms with E-state index >= 15 is 0 Å². The van der Waals surface area contributed by atoms with Crippen LogP contribution in [-0.2, 0) is 6.54 Å². The quantitative estimate of drug-likeness (QED) is 0.790. The fourth-order valence-corrected chi connectivity index (χ4v) is 3.19. The molecule has 1 aromatic rings. The van der Waals surface area contributed by atoms with Gasteiger partial charge in [-0.2, -0.15) is 11.8 Å². The van der Waals surface area contributed by atoms with Crippen LogP contribution in [0, 0.1) is 5.92 Å². The minimum atomic E-state index is 0.759. The first-order valence-electron chi connectivity index (χ1n) is 5.49. The van der Waals surface area contributed by atoms with Gasteiger partial charge in [0.1, 0.15) is 6.26 Å². The molecule has 2 rings (SSSR count). The summed E-state index contributed by atoms with van der Waals surface area (Å²) in [4.78, 5) is 2.47. The van der Waals surface area contributed by atoms with Gasteiger partial charge in [0.2, 0.25) is 0 Å². The zero-order valence-electron chi connectivity index (χ0n) is 9.35. The highest BCUT2D eigenvalue weighted by Gasteiger charge is 2.23. The van der Waals surface area contributed by atoms with E-state index in [1.807, 2.05) is 6.07 Å². The van der Waals surface area contributed by atoms with Crippen LogP contribution >= 0.6 is 11.8 Å². The maximum Gasteiger partial charge on any atom is 0.124 e. The zero-order valence-corrected chi connectivity index (χ0v) is 10.2. The summed E-state index contributed by atoms with van der Waals surface area (Å²) in [5.41, 5.74) is 1.05. The second-order valence-electron chi connectivity index (χ2n) is 4.38. The van der Waals surface area contributed by atoms with Gasteiger partial charge in [-0.3, -0.25) is 4.90 Å². The normalized spacial score (nSPS) is 23.5. The van der Waals surface area contributed by atoms with Gasteiger partial charge >= 0.3 is 0 Å². The second kappa shape index (κ2) is 5.03. The highest BCUT2D eigenvalue weighted by Crippen LogP contribution is 2.25. The van der Waals surface area contributed by atoms with E-state index in [0.717, 1.165) is 23.4 Å². The van der Waals surface area contributed by atoms with Crippen molar-refractivity contribution in [2.45, 2.75) is 25.6 Å². The van der Waals surface area contributed by atoms with Crippen LogP contribution in [-0.4, -0.2) is 34.1 Å². The maximum absolute atomic E-state index is 4.85. The van der Waals surface area contributed by atoms with Crippen LogP contribution in [0.1, 0.15) is 19.5 Å². The summed E-state index contributed by atoms with van der Waals surface area (Å²) in [7, 11) is 0. The first-order chi connectivity index (χ1) is 7.25. The third-order valence-electron chi connectivity index (χ3n) is 2.80. The van der Waals surface area contributed by atoms with Gasteiger partial charge in [-0.25, -0.2) is 0 Å². The van der Waals surface area contributed by atoms with Crippen LogP contribution in [0.15, 0.2) is 16.9 Å². The highest BCUT2D eigenvalue weighted by atomic mass is 32.2. The summed E-state index contributed by atoms with van der Waals surface area (Å²) in [5, 5.41) is 4.73. The Morgan fingerprint density at radius 3 is 3.20 bits per heavy atom. The van der Waals surface area contributed by atoms with E-state index in [1.165, 1.54) is 18.8 Å². The third kappa shape index (κ3) is 2.98. The summed E-state index contributed by atoms with van der Waals surface area (Å²) in [6, 6.07) is 1.95. The van der Waals surface area contributed by atoms with Gasteiger partial charge in [-0.05, 0) is 5.92 Å². The molecule has 0 saturated carbocycles. The second-order valence-corrected chi connectivity index (χ2v) is 5.73. The van der Waals surface area contributed by atoms with E-state index in [4.69, 9.17) is 4.52 Å². The molecule has 1 aliphatic rings. The van der Waals surface area contributed by atoms with Gasteiger partial charge in [0, 0.05) is 36.7 Å². The zero-order chi connectivity index (χ0) is 10.7. The van der Waals surface area contributed by atoms with Crippen molar-refractivity contribution in [3.63, 3.8) is 0 Å². The predicted octanol–water partition coefficient (Wildman–Crippen LogP) is 2.25. The van der Waals surface area contributed by atoms with Gasteiger partial charge in [0.25, 0.3) is 0 Å². The molecule has 0 aliphatic carbocycles. The Balaban J connectivity index is 1.88. The number of nitrogens with zero attached hydrogens (tertiary/aromatic N) is 2. The van der Waals surface area contributed by atoms with E-state index in [9.17, 15) is 0 Å². The molecule has 1 atom stereocenters. The standard InChI is InChI=1S/C11H18N2OS/c1-9(2)11-8-13(4-6-15-11)7-10-3-5-14-12-10/h3,5,9,11H,4,6-8H2,1-2H3/t11-/m1/s1. The largest absolute Gasteiger partial charge is 0.364 e. The van der Waals surface area contributed by atoms with E-state index in [2.05, 4.69) is 35.7 Å².